The van der Waals surface area contributed by atoms with E-state index in [1.807, 2.05) is 26.8 Å². The maximum absolute atomic E-state index is 15.2. The minimum absolute atomic E-state index is 0.0303. The first-order valence-corrected chi connectivity index (χ1v) is 11.5. The highest BCUT2D eigenvalue weighted by Gasteiger charge is 2.31. The standard InChI is InChI=1S/C20H25FN2O.C5H5ClN2/c1-4-6-7-13-8-9-14-17-15(10-11-22-20(17)24)23-19(14)16(13)18(21)12(3)5-2;1-4-2-7-3-5(6)8-4/h6-7,23H,4-5,8-11H2,1-3H3,(H,22,24);2-3H,1H3/b7-6+,18-12-;. The van der Waals surface area contributed by atoms with Crippen LogP contribution in [0.25, 0.3) is 5.57 Å². The van der Waals surface area contributed by atoms with Crippen LogP contribution < -0.4 is 5.32 Å². The summed E-state index contributed by atoms with van der Waals surface area (Å²) < 4.78 is 15.2. The lowest BCUT2D eigenvalue weighted by Crippen LogP contribution is -2.32. The van der Waals surface area contributed by atoms with Gasteiger partial charge in [-0.2, -0.15) is 0 Å². The molecule has 1 aliphatic heterocycles. The molecule has 0 spiro atoms. The van der Waals surface area contributed by atoms with Crippen LogP contribution in [0, 0.1) is 6.92 Å². The Hall–Kier alpha value is -2.73. The van der Waals surface area contributed by atoms with Crippen LogP contribution >= 0.6 is 11.6 Å². The summed E-state index contributed by atoms with van der Waals surface area (Å²) in [7, 11) is 0. The molecular formula is C25H30ClFN4O. The van der Waals surface area contributed by atoms with Crippen LogP contribution in [-0.4, -0.2) is 27.4 Å². The van der Waals surface area contributed by atoms with Crippen LogP contribution in [-0.2, 0) is 12.8 Å². The van der Waals surface area contributed by atoms with Crippen LogP contribution in [0.4, 0.5) is 4.39 Å². The molecule has 2 aromatic heterocycles. The van der Waals surface area contributed by atoms with Crippen molar-refractivity contribution < 1.29 is 9.18 Å². The van der Waals surface area contributed by atoms with E-state index in [0.29, 0.717) is 23.7 Å². The van der Waals surface area contributed by atoms with Crippen LogP contribution in [0.3, 0.4) is 0 Å². The molecule has 0 fully saturated rings. The Labute approximate surface area is 193 Å². The molecule has 0 saturated carbocycles. The Morgan fingerprint density at radius 2 is 2.03 bits per heavy atom. The van der Waals surface area contributed by atoms with E-state index >= 15 is 4.39 Å². The first-order chi connectivity index (χ1) is 15.4. The minimum atomic E-state index is -0.145. The molecular weight excluding hydrogens is 427 g/mol. The van der Waals surface area contributed by atoms with Gasteiger partial charge in [0.25, 0.3) is 5.91 Å². The van der Waals surface area contributed by atoms with Crippen molar-refractivity contribution in [3.63, 3.8) is 0 Å². The molecule has 32 heavy (non-hydrogen) atoms. The molecule has 0 atom stereocenters. The number of hydrogen-bond acceptors (Lipinski definition) is 3. The van der Waals surface area contributed by atoms with Gasteiger partial charge in [-0.15, -0.1) is 0 Å². The van der Waals surface area contributed by atoms with Crippen molar-refractivity contribution in [1.29, 1.82) is 0 Å². The van der Waals surface area contributed by atoms with E-state index in [9.17, 15) is 4.79 Å². The van der Waals surface area contributed by atoms with Crippen molar-refractivity contribution in [2.24, 2.45) is 0 Å². The second-order valence-corrected chi connectivity index (χ2v) is 8.37. The minimum Gasteiger partial charge on any atom is -0.357 e. The zero-order valence-electron chi connectivity index (χ0n) is 19.1. The average Bonchev–Trinajstić information content (AvgIpc) is 3.16. The van der Waals surface area contributed by atoms with E-state index in [1.54, 1.807) is 6.20 Å². The van der Waals surface area contributed by atoms with E-state index in [1.165, 1.54) is 6.20 Å². The van der Waals surface area contributed by atoms with Gasteiger partial charge in [0.05, 0.1) is 23.1 Å². The summed E-state index contributed by atoms with van der Waals surface area (Å²) in [5.74, 6) is -0.176. The number of fused-ring (bicyclic) bond motifs is 3. The van der Waals surface area contributed by atoms with Crippen LogP contribution in [0.2, 0.25) is 5.15 Å². The first kappa shape index (κ1) is 23.9. The Morgan fingerprint density at radius 3 is 2.66 bits per heavy atom. The molecule has 1 amide bonds. The summed E-state index contributed by atoms with van der Waals surface area (Å²) in [6, 6.07) is 0. The molecule has 0 unspecified atom stereocenters. The molecule has 3 heterocycles. The highest BCUT2D eigenvalue weighted by Crippen LogP contribution is 2.41. The van der Waals surface area contributed by atoms with Gasteiger partial charge in [-0.3, -0.25) is 9.78 Å². The fourth-order valence-electron chi connectivity index (χ4n) is 3.93. The Kier molecular flexibility index (Phi) is 8.02. The van der Waals surface area contributed by atoms with E-state index in [-0.39, 0.29) is 11.7 Å². The van der Waals surface area contributed by atoms with E-state index < -0.39 is 0 Å². The van der Waals surface area contributed by atoms with Gasteiger partial charge in [0, 0.05) is 30.4 Å². The molecule has 170 valence electrons. The number of nitrogens with zero attached hydrogens (tertiary/aromatic N) is 2. The van der Waals surface area contributed by atoms with Crippen LogP contribution in [0.15, 0.2) is 41.5 Å². The lowest BCUT2D eigenvalue weighted by Gasteiger charge is -2.20. The van der Waals surface area contributed by atoms with Crippen molar-refractivity contribution >= 4 is 23.1 Å². The fraction of sp³-hybridized carbons (Fsp3) is 0.400. The molecule has 0 saturated heterocycles. The molecule has 0 bridgehead atoms. The molecule has 4 rings (SSSR count). The number of rotatable bonds is 4. The molecule has 2 N–H and O–H groups in total. The van der Waals surface area contributed by atoms with Crippen molar-refractivity contribution in [3.05, 3.63) is 74.9 Å². The Balaban J connectivity index is 0.000000305. The molecule has 0 aromatic carbocycles. The Bertz CT molecular complexity index is 1080. The third-order valence-electron chi connectivity index (χ3n) is 5.69. The molecule has 2 aliphatic rings. The smallest absolute Gasteiger partial charge is 0.253 e. The quantitative estimate of drug-likeness (QED) is 0.587. The summed E-state index contributed by atoms with van der Waals surface area (Å²) in [5.41, 5.74) is 6.75. The van der Waals surface area contributed by atoms with Crippen molar-refractivity contribution in [2.45, 2.75) is 59.8 Å². The number of halogens is 2. The molecule has 1 aliphatic carbocycles. The van der Waals surface area contributed by atoms with Gasteiger partial charge in [-0.05, 0) is 56.2 Å². The number of H-pyrrole nitrogens is 1. The molecule has 0 radical (unpaired) electrons. The molecule has 7 heteroatoms. The second-order valence-electron chi connectivity index (χ2n) is 7.98. The van der Waals surface area contributed by atoms with Crippen molar-refractivity contribution in [1.82, 2.24) is 20.3 Å². The zero-order chi connectivity index (χ0) is 23.3. The summed E-state index contributed by atoms with van der Waals surface area (Å²) in [5, 5.41) is 3.35. The van der Waals surface area contributed by atoms with Gasteiger partial charge in [-0.25, -0.2) is 9.37 Å². The van der Waals surface area contributed by atoms with E-state index in [4.69, 9.17) is 11.6 Å². The van der Waals surface area contributed by atoms with E-state index in [0.717, 1.165) is 65.0 Å². The van der Waals surface area contributed by atoms with Crippen molar-refractivity contribution in [2.75, 3.05) is 6.54 Å². The second kappa shape index (κ2) is 10.7. The van der Waals surface area contributed by atoms with Gasteiger partial charge in [0.15, 0.2) is 0 Å². The summed E-state index contributed by atoms with van der Waals surface area (Å²) in [6.45, 7) is 8.37. The third-order valence-corrected chi connectivity index (χ3v) is 5.87. The lowest BCUT2D eigenvalue weighted by molar-refractivity contribution is 0.0945. The van der Waals surface area contributed by atoms with Crippen LogP contribution in [0.1, 0.15) is 73.0 Å². The highest BCUT2D eigenvalue weighted by atomic mass is 35.5. The number of aromatic amines is 1. The van der Waals surface area contributed by atoms with E-state index in [2.05, 4.69) is 33.3 Å². The Morgan fingerprint density at radius 1 is 1.25 bits per heavy atom. The monoisotopic (exact) mass is 456 g/mol. The normalized spacial score (nSPS) is 16.1. The van der Waals surface area contributed by atoms with Gasteiger partial charge in [-0.1, -0.05) is 37.6 Å². The number of carbonyl (C=O) groups is 1. The van der Waals surface area contributed by atoms with Crippen molar-refractivity contribution in [3.8, 4) is 0 Å². The SMILES string of the molecule is CC/C=C/C1=C(C(/F)=C(\C)CC)c2[nH]c3c(c2CC1)C(=O)NCC3.Cc1cncc(Cl)n1. The summed E-state index contributed by atoms with van der Waals surface area (Å²) >= 11 is 5.47. The molecule has 2 aromatic rings. The first-order valence-electron chi connectivity index (χ1n) is 11.1. The maximum Gasteiger partial charge on any atom is 0.253 e. The number of carbonyl (C=O) groups excluding carboxylic acids is 1. The van der Waals surface area contributed by atoms with Gasteiger partial charge in [0.1, 0.15) is 11.0 Å². The maximum atomic E-state index is 15.2. The average molecular weight is 457 g/mol. The number of nitrogens with one attached hydrogen (secondary N) is 2. The topological polar surface area (TPSA) is 70.7 Å². The summed E-state index contributed by atoms with van der Waals surface area (Å²) in [4.78, 5) is 23.3. The van der Waals surface area contributed by atoms with Gasteiger partial charge >= 0.3 is 0 Å². The predicted octanol–water partition coefficient (Wildman–Crippen LogP) is 6.06. The third kappa shape index (κ3) is 5.18. The number of aryl methyl sites for hydroxylation is 1. The fourth-order valence-corrected chi connectivity index (χ4v) is 4.12. The highest BCUT2D eigenvalue weighted by molar-refractivity contribution is 6.29. The van der Waals surface area contributed by atoms with Gasteiger partial charge < -0.3 is 10.3 Å². The zero-order valence-corrected chi connectivity index (χ0v) is 19.9. The largest absolute Gasteiger partial charge is 0.357 e. The number of allylic oxidation sites excluding steroid dienone is 6. The predicted molar refractivity (Wildman–Crippen MR) is 127 cm³/mol. The summed E-state index contributed by atoms with van der Waals surface area (Å²) in [6.07, 6.45) is 11.2. The molecule has 5 nitrogen and oxygen atoms in total. The lowest BCUT2D eigenvalue weighted by atomic mass is 9.85. The number of amides is 1. The number of hydrogen-bond donors (Lipinski definition) is 2. The van der Waals surface area contributed by atoms with Gasteiger partial charge in [0.2, 0.25) is 0 Å². The number of aromatic nitrogens is 3. The van der Waals surface area contributed by atoms with Crippen LogP contribution in [0.5, 0.6) is 0 Å².